The third kappa shape index (κ3) is 5.74. The minimum atomic E-state index is -0.729. The topological polar surface area (TPSA) is 142 Å². The molecule has 38 heavy (non-hydrogen) atoms. The number of anilines is 2. The molecule has 3 unspecified atom stereocenters. The fourth-order valence-electron chi connectivity index (χ4n) is 4.93. The number of aliphatic hydroxyl groups is 1. The molecule has 0 saturated carbocycles. The van der Waals surface area contributed by atoms with Crippen LogP contribution in [0.1, 0.15) is 16.1 Å². The van der Waals surface area contributed by atoms with Gasteiger partial charge in [0.1, 0.15) is 23.0 Å². The van der Waals surface area contributed by atoms with Crippen molar-refractivity contribution in [3.05, 3.63) is 83.6 Å². The van der Waals surface area contributed by atoms with Gasteiger partial charge in [0.2, 0.25) is 0 Å². The lowest BCUT2D eigenvalue weighted by atomic mass is 9.82. The molecular weight excluding hydrogens is 492 g/mol. The fraction of sp³-hybridized carbons (Fsp3) is 0.296. The highest BCUT2D eigenvalue weighted by molar-refractivity contribution is 5.75. The lowest BCUT2D eigenvalue weighted by Crippen LogP contribution is -2.61. The number of aldehydes is 1. The number of carbonyl (C=O) groups is 1. The number of benzene rings is 1. The van der Waals surface area contributed by atoms with E-state index >= 15 is 4.39 Å². The van der Waals surface area contributed by atoms with Crippen molar-refractivity contribution >= 4 is 17.7 Å². The van der Waals surface area contributed by atoms with Gasteiger partial charge in [0.05, 0.1) is 24.2 Å². The first-order valence-corrected chi connectivity index (χ1v) is 12.2. The Morgan fingerprint density at radius 3 is 2.76 bits per heavy atom. The maximum atomic E-state index is 15.2. The molecule has 1 aliphatic rings. The summed E-state index contributed by atoms with van der Waals surface area (Å²) in [4.78, 5) is 21.7. The monoisotopic (exact) mass is 523 g/mol. The van der Waals surface area contributed by atoms with Gasteiger partial charge in [0.25, 0.3) is 0 Å². The zero-order valence-corrected chi connectivity index (χ0v) is 20.9. The van der Waals surface area contributed by atoms with E-state index in [1.54, 1.807) is 24.5 Å². The average molecular weight is 524 g/mol. The first-order valence-electron chi connectivity index (χ1n) is 12.2. The van der Waals surface area contributed by atoms with E-state index < -0.39 is 11.6 Å². The molecule has 4 rings (SSSR count). The van der Waals surface area contributed by atoms with Crippen LogP contribution in [0, 0.1) is 17.6 Å². The van der Waals surface area contributed by atoms with Gasteiger partial charge in [-0.25, -0.2) is 13.8 Å². The van der Waals surface area contributed by atoms with E-state index in [0.717, 1.165) is 17.4 Å². The lowest BCUT2D eigenvalue weighted by Gasteiger charge is -2.44. The van der Waals surface area contributed by atoms with Gasteiger partial charge < -0.3 is 32.1 Å². The summed E-state index contributed by atoms with van der Waals surface area (Å²) in [6.45, 7) is 0.713. The van der Waals surface area contributed by atoms with Gasteiger partial charge in [-0.2, -0.15) is 0 Å². The summed E-state index contributed by atoms with van der Waals surface area (Å²) in [6.07, 6.45) is 5.76. The maximum Gasteiger partial charge on any atom is 0.168 e. The van der Waals surface area contributed by atoms with Crippen molar-refractivity contribution in [1.82, 2.24) is 15.3 Å². The number of pyridine rings is 2. The summed E-state index contributed by atoms with van der Waals surface area (Å²) in [5.41, 5.74) is 14.8. The summed E-state index contributed by atoms with van der Waals surface area (Å²) in [5, 5.41) is 15.7. The number of hydrogen-bond donors (Lipinski definition) is 5. The number of aromatic nitrogens is 2. The molecule has 3 atom stereocenters. The molecule has 3 aromatic rings. The van der Waals surface area contributed by atoms with Crippen molar-refractivity contribution in [3.63, 3.8) is 0 Å². The van der Waals surface area contributed by atoms with Crippen LogP contribution in [0.4, 0.5) is 20.2 Å². The number of nitrogens with zero attached hydrogens (tertiary/aromatic N) is 3. The molecule has 0 amide bonds. The molecule has 7 N–H and O–H groups in total. The van der Waals surface area contributed by atoms with Crippen molar-refractivity contribution in [2.75, 3.05) is 37.0 Å². The molecule has 200 valence electrons. The van der Waals surface area contributed by atoms with Crippen molar-refractivity contribution in [3.8, 4) is 11.3 Å². The van der Waals surface area contributed by atoms with Crippen LogP contribution in [-0.4, -0.2) is 60.2 Å². The van der Waals surface area contributed by atoms with Gasteiger partial charge in [0.15, 0.2) is 6.29 Å². The van der Waals surface area contributed by atoms with Crippen molar-refractivity contribution in [2.24, 2.45) is 17.4 Å². The van der Waals surface area contributed by atoms with Crippen molar-refractivity contribution in [2.45, 2.75) is 18.5 Å². The Morgan fingerprint density at radius 1 is 1.21 bits per heavy atom. The predicted molar refractivity (Wildman–Crippen MR) is 142 cm³/mol. The molecule has 1 saturated heterocycles. The van der Waals surface area contributed by atoms with Crippen LogP contribution in [0.2, 0.25) is 0 Å². The Hall–Kier alpha value is -4.09. The number of piperidine rings is 1. The molecule has 1 aromatic carbocycles. The lowest BCUT2D eigenvalue weighted by molar-refractivity contribution is 0.111. The second kappa shape index (κ2) is 12.0. The Bertz CT molecular complexity index is 1320. The van der Waals surface area contributed by atoms with Crippen molar-refractivity contribution < 1.29 is 18.7 Å². The Balaban J connectivity index is 1.75. The molecule has 0 radical (unpaired) electrons. The number of nitrogens with one attached hydrogen (secondary N) is 2. The molecule has 1 fully saturated rings. The minimum Gasteiger partial charge on any atom is -0.399 e. The number of carbonyl (C=O) groups excluding carboxylic acids is 1. The van der Waals surface area contributed by atoms with Gasteiger partial charge in [-0.3, -0.25) is 9.78 Å². The molecule has 0 spiro atoms. The predicted octanol–water partition coefficient (Wildman–Crippen LogP) is 2.03. The molecular formula is C27H31F2N7O2. The van der Waals surface area contributed by atoms with Crippen LogP contribution in [0.25, 0.3) is 11.3 Å². The van der Waals surface area contributed by atoms with E-state index in [1.807, 2.05) is 13.1 Å². The van der Waals surface area contributed by atoms with Gasteiger partial charge >= 0.3 is 0 Å². The van der Waals surface area contributed by atoms with E-state index in [4.69, 9.17) is 11.5 Å². The van der Waals surface area contributed by atoms with Gasteiger partial charge in [-0.05, 0) is 36.2 Å². The fourth-order valence-corrected chi connectivity index (χ4v) is 4.93. The molecule has 11 heteroatoms. The van der Waals surface area contributed by atoms with E-state index in [9.17, 15) is 14.3 Å². The number of rotatable bonds is 9. The third-order valence-electron chi connectivity index (χ3n) is 6.71. The SMILES string of the molecule is CNc1cnccc1N1CC(N)C(N/C=C(\N)CO)C(Cc2cccc(F)c2-c2nc(C=O)ccc2F)C1. The van der Waals surface area contributed by atoms with Crippen LogP contribution in [0.5, 0.6) is 0 Å². The number of aliphatic hydroxyl groups excluding tert-OH is 1. The van der Waals surface area contributed by atoms with E-state index in [1.165, 1.54) is 18.3 Å². The van der Waals surface area contributed by atoms with Crippen molar-refractivity contribution in [1.29, 1.82) is 0 Å². The maximum absolute atomic E-state index is 15.2. The van der Waals surface area contributed by atoms with Gasteiger partial charge in [-0.15, -0.1) is 0 Å². The second-order valence-corrected chi connectivity index (χ2v) is 9.20. The Morgan fingerprint density at radius 2 is 2.03 bits per heavy atom. The third-order valence-corrected chi connectivity index (χ3v) is 6.71. The molecule has 0 aliphatic carbocycles. The molecule has 2 aromatic heterocycles. The van der Waals surface area contributed by atoms with Gasteiger partial charge in [0, 0.05) is 61.8 Å². The van der Waals surface area contributed by atoms with E-state index in [0.29, 0.717) is 31.4 Å². The molecule has 0 bridgehead atoms. The summed E-state index contributed by atoms with van der Waals surface area (Å²) in [6, 6.07) is 8.09. The number of nitrogens with two attached hydrogens (primary N) is 2. The largest absolute Gasteiger partial charge is 0.399 e. The summed E-state index contributed by atoms with van der Waals surface area (Å²) in [7, 11) is 1.81. The molecule has 1 aliphatic heterocycles. The Labute approximate surface area is 219 Å². The summed E-state index contributed by atoms with van der Waals surface area (Å²) < 4.78 is 30.0. The highest BCUT2D eigenvalue weighted by atomic mass is 19.1. The van der Waals surface area contributed by atoms with Crippen LogP contribution in [-0.2, 0) is 6.42 Å². The first kappa shape index (κ1) is 27.0. The number of hydrogen-bond acceptors (Lipinski definition) is 9. The number of halogens is 2. The minimum absolute atomic E-state index is 0.00269. The van der Waals surface area contributed by atoms with Crippen LogP contribution >= 0.6 is 0 Å². The van der Waals surface area contributed by atoms with E-state index in [2.05, 4.69) is 25.5 Å². The zero-order chi connectivity index (χ0) is 27.2. The highest BCUT2D eigenvalue weighted by Crippen LogP contribution is 2.34. The standard InChI is InChI=1S/C27H31F2N7O2/c1-32-23-11-33-8-7-24(23)36-12-17(26(22(31)13-36)34-10-18(30)14-37)9-16-3-2-4-20(28)25(16)27-21(29)6-5-19(15-38)35-27/h2-8,10-11,15,17,22,26,32,34,37H,9,12-14,30-31H2,1H3/b18-10-. The zero-order valence-electron chi connectivity index (χ0n) is 20.9. The smallest absolute Gasteiger partial charge is 0.168 e. The normalized spacial score (nSPS) is 19.8. The van der Waals surface area contributed by atoms with Crippen LogP contribution in [0.3, 0.4) is 0 Å². The summed E-state index contributed by atoms with van der Waals surface area (Å²) >= 11 is 0. The average Bonchev–Trinajstić information content (AvgIpc) is 2.93. The Kier molecular flexibility index (Phi) is 8.49. The molecule has 9 nitrogen and oxygen atoms in total. The highest BCUT2D eigenvalue weighted by Gasteiger charge is 2.36. The summed E-state index contributed by atoms with van der Waals surface area (Å²) in [5.74, 6) is -1.57. The quantitative estimate of drug-likeness (QED) is 0.266. The van der Waals surface area contributed by atoms with Crippen LogP contribution in [0.15, 0.2) is 60.7 Å². The second-order valence-electron chi connectivity index (χ2n) is 9.20. The van der Waals surface area contributed by atoms with E-state index in [-0.39, 0.29) is 47.3 Å². The first-order chi connectivity index (χ1) is 18.4. The van der Waals surface area contributed by atoms with Gasteiger partial charge in [-0.1, -0.05) is 12.1 Å². The van der Waals surface area contributed by atoms with Crippen LogP contribution < -0.4 is 27.0 Å². The molecule has 3 heterocycles.